The van der Waals surface area contributed by atoms with Gasteiger partial charge in [-0.2, -0.15) is 0 Å². The fourth-order valence-electron chi connectivity index (χ4n) is 2.46. The molecule has 2 heteroatoms. The Morgan fingerprint density at radius 1 is 0.895 bits per heavy atom. The van der Waals surface area contributed by atoms with E-state index in [0.29, 0.717) is 12.8 Å². The highest BCUT2D eigenvalue weighted by Gasteiger charge is 2.10. The molecular weight excluding hydrogens is 236 g/mol. The lowest BCUT2D eigenvalue weighted by Gasteiger charge is -2.11. The van der Waals surface area contributed by atoms with E-state index in [4.69, 9.17) is 4.42 Å². The van der Waals surface area contributed by atoms with Gasteiger partial charge in [-0.15, -0.1) is 0 Å². The normalized spacial score (nSPS) is 12.7. The van der Waals surface area contributed by atoms with Gasteiger partial charge < -0.3 is 9.52 Å². The van der Waals surface area contributed by atoms with Crippen LogP contribution in [0.5, 0.6) is 0 Å². The van der Waals surface area contributed by atoms with Crippen LogP contribution in [0.3, 0.4) is 0 Å². The molecule has 2 nitrogen and oxygen atoms in total. The maximum Gasteiger partial charge on any atom is 0.106 e. The minimum absolute atomic E-state index is 0.419. The van der Waals surface area contributed by atoms with Crippen molar-refractivity contribution in [1.29, 1.82) is 0 Å². The first kappa shape index (κ1) is 12.0. The third-order valence-electron chi connectivity index (χ3n) is 3.35. The molecule has 0 radical (unpaired) electrons. The molecule has 96 valence electrons. The van der Waals surface area contributed by atoms with E-state index in [1.165, 1.54) is 16.3 Å². The second-order valence-electron chi connectivity index (χ2n) is 4.78. The summed E-state index contributed by atoms with van der Waals surface area (Å²) in [6.45, 7) is 0. The van der Waals surface area contributed by atoms with Gasteiger partial charge in [0.05, 0.1) is 12.4 Å². The Labute approximate surface area is 112 Å². The number of hydrogen-bond acceptors (Lipinski definition) is 2. The largest absolute Gasteiger partial charge is 0.469 e. The molecule has 19 heavy (non-hydrogen) atoms. The van der Waals surface area contributed by atoms with Crippen LogP contribution in [0.25, 0.3) is 10.8 Å². The molecule has 0 amide bonds. The first-order chi connectivity index (χ1) is 9.33. The molecular formula is C17H16O2. The second-order valence-corrected chi connectivity index (χ2v) is 4.78. The summed E-state index contributed by atoms with van der Waals surface area (Å²) in [7, 11) is 0. The molecule has 0 spiro atoms. The first-order valence-corrected chi connectivity index (χ1v) is 6.50. The Bertz CT molecular complexity index is 651. The van der Waals surface area contributed by atoms with Gasteiger partial charge in [-0.3, -0.25) is 0 Å². The molecule has 1 atom stereocenters. The number of rotatable bonds is 4. The maximum atomic E-state index is 10.2. The molecule has 0 bridgehead atoms. The van der Waals surface area contributed by atoms with E-state index in [-0.39, 0.29) is 0 Å². The van der Waals surface area contributed by atoms with Crippen LogP contribution >= 0.6 is 0 Å². The van der Waals surface area contributed by atoms with Gasteiger partial charge >= 0.3 is 0 Å². The Morgan fingerprint density at radius 2 is 1.74 bits per heavy atom. The zero-order chi connectivity index (χ0) is 13.1. The molecule has 1 N–H and O–H groups in total. The Morgan fingerprint density at radius 3 is 2.58 bits per heavy atom. The zero-order valence-electron chi connectivity index (χ0n) is 10.6. The molecule has 0 aliphatic heterocycles. The van der Waals surface area contributed by atoms with Gasteiger partial charge in [0.2, 0.25) is 0 Å². The number of aliphatic hydroxyl groups is 1. The number of fused-ring (bicyclic) bond motifs is 1. The molecule has 3 aromatic rings. The number of hydrogen-bond donors (Lipinski definition) is 1. The predicted molar refractivity (Wildman–Crippen MR) is 76.1 cm³/mol. The summed E-state index contributed by atoms with van der Waals surface area (Å²) in [6.07, 6.45) is 2.41. The smallest absolute Gasteiger partial charge is 0.106 e. The van der Waals surface area contributed by atoms with Crippen molar-refractivity contribution >= 4 is 10.8 Å². The lowest BCUT2D eigenvalue weighted by molar-refractivity contribution is 0.168. The number of furan rings is 1. The molecule has 0 fully saturated rings. The molecule has 1 heterocycles. The monoisotopic (exact) mass is 252 g/mol. The lowest BCUT2D eigenvalue weighted by atomic mass is 9.98. The topological polar surface area (TPSA) is 33.4 Å². The zero-order valence-corrected chi connectivity index (χ0v) is 10.6. The van der Waals surface area contributed by atoms with E-state index < -0.39 is 6.10 Å². The highest BCUT2D eigenvalue weighted by Crippen LogP contribution is 2.20. The third kappa shape index (κ3) is 2.69. The SMILES string of the molecule is OC(Cc1ccco1)Cc1cccc2ccccc12. The van der Waals surface area contributed by atoms with Crippen LogP contribution in [0.2, 0.25) is 0 Å². The van der Waals surface area contributed by atoms with Crippen LogP contribution in [-0.2, 0) is 12.8 Å². The van der Waals surface area contributed by atoms with Gasteiger partial charge in [-0.1, -0.05) is 42.5 Å². The van der Waals surface area contributed by atoms with E-state index in [9.17, 15) is 5.11 Å². The fraction of sp³-hybridized carbons (Fsp3) is 0.176. The van der Waals surface area contributed by atoms with E-state index in [1.54, 1.807) is 6.26 Å². The van der Waals surface area contributed by atoms with E-state index >= 15 is 0 Å². The molecule has 0 saturated carbocycles. The van der Waals surface area contributed by atoms with Gasteiger partial charge in [0.1, 0.15) is 5.76 Å². The molecule has 0 aliphatic carbocycles. The van der Waals surface area contributed by atoms with Gasteiger partial charge in [-0.05, 0) is 34.9 Å². The van der Waals surface area contributed by atoms with Crippen molar-refractivity contribution in [2.75, 3.05) is 0 Å². The van der Waals surface area contributed by atoms with Crippen LogP contribution in [0.15, 0.2) is 65.3 Å². The van der Waals surface area contributed by atoms with Crippen molar-refractivity contribution in [1.82, 2.24) is 0 Å². The van der Waals surface area contributed by atoms with Crippen molar-refractivity contribution in [3.8, 4) is 0 Å². The summed E-state index contributed by atoms with van der Waals surface area (Å²) in [5.41, 5.74) is 1.18. The summed E-state index contributed by atoms with van der Waals surface area (Å²) in [5.74, 6) is 0.827. The highest BCUT2D eigenvalue weighted by molar-refractivity contribution is 5.85. The van der Waals surface area contributed by atoms with Crippen molar-refractivity contribution < 1.29 is 9.52 Å². The summed E-state index contributed by atoms with van der Waals surface area (Å²) >= 11 is 0. The minimum atomic E-state index is -0.419. The van der Waals surface area contributed by atoms with Crippen LogP contribution in [0, 0.1) is 0 Å². The molecule has 0 aliphatic rings. The minimum Gasteiger partial charge on any atom is -0.469 e. The lowest BCUT2D eigenvalue weighted by Crippen LogP contribution is -2.13. The average molecular weight is 252 g/mol. The van der Waals surface area contributed by atoms with Crippen molar-refractivity contribution in [3.05, 3.63) is 72.2 Å². The highest BCUT2D eigenvalue weighted by atomic mass is 16.3. The molecule has 1 aromatic heterocycles. The maximum absolute atomic E-state index is 10.2. The number of benzene rings is 2. The van der Waals surface area contributed by atoms with Gasteiger partial charge in [-0.25, -0.2) is 0 Å². The van der Waals surface area contributed by atoms with Crippen LogP contribution in [0.4, 0.5) is 0 Å². The second kappa shape index (κ2) is 5.29. The van der Waals surface area contributed by atoms with Crippen LogP contribution < -0.4 is 0 Å². The Balaban J connectivity index is 1.81. The summed E-state index contributed by atoms with van der Waals surface area (Å²) < 4.78 is 5.27. The summed E-state index contributed by atoms with van der Waals surface area (Å²) in [4.78, 5) is 0. The van der Waals surface area contributed by atoms with Gasteiger partial charge in [0, 0.05) is 6.42 Å². The molecule has 2 aromatic carbocycles. The van der Waals surface area contributed by atoms with E-state index in [2.05, 4.69) is 24.3 Å². The standard InChI is InChI=1S/C17H16O2/c18-15(12-16-8-4-10-19-16)11-14-7-3-6-13-5-1-2-9-17(13)14/h1-10,15,18H,11-12H2. The van der Waals surface area contributed by atoms with Crippen molar-refractivity contribution in [2.24, 2.45) is 0 Å². The first-order valence-electron chi connectivity index (χ1n) is 6.50. The van der Waals surface area contributed by atoms with Crippen LogP contribution in [-0.4, -0.2) is 11.2 Å². The van der Waals surface area contributed by atoms with Gasteiger partial charge in [0.15, 0.2) is 0 Å². The Hall–Kier alpha value is -2.06. The quantitative estimate of drug-likeness (QED) is 0.770. The van der Waals surface area contributed by atoms with Crippen molar-refractivity contribution in [2.45, 2.75) is 18.9 Å². The Kier molecular flexibility index (Phi) is 3.34. The van der Waals surface area contributed by atoms with E-state index in [0.717, 1.165) is 5.76 Å². The van der Waals surface area contributed by atoms with E-state index in [1.807, 2.05) is 30.3 Å². The molecule has 3 rings (SSSR count). The summed E-state index contributed by atoms with van der Waals surface area (Å²) in [5, 5.41) is 12.6. The van der Waals surface area contributed by atoms with Gasteiger partial charge in [0.25, 0.3) is 0 Å². The van der Waals surface area contributed by atoms with Crippen LogP contribution in [0.1, 0.15) is 11.3 Å². The molecule has 1 unspecified atom stereocenters. The van der Waals surface area contributed by atoms with Crippen molar-refractivity contribution in [3.63, 3.8) is 0 Å². The fourth-order valence-corrected chi connectivity index (χ4v) is 2.46. The third-order valence-corrected chi connectivity index (χ3v) is 3.35. The summed E-state index contributed by atoms with van der Waals surface area (Å²) in [6, 6.07) is 18.2. The molecule has 0 saturated heterocycles. The number of aliphatic hydroxyl groups excluding tert-OH is 1. The predicted octanol–water partition coefficient (Wildman–Crippen LogP) is 3.58. The average Bonchev–Trinajstić information content (AvgIpc) is 2.92.